The first kappa shape index (κ1) is 11.5. The van der Waals surface area contributed by atoms with Crippen molar-refractivity contribution in [2.24, 2.45) is 0 Å². The molecule has 0 saturated carbocycles. The zero-order valence-corrected chi connectivity index (χ0v) is 9.79. The summed E-state index contributed by atoms with van der Waals surface area (Å²) in [6.45, 7) is 1.65. The predicted octanol–water partition coefficient (Wildman–Crippen LogP) is 1.46. The number of benzene rings is 1. The van der Waals surface area contributed by atoms with Gasteiger partial charge in [-0.25, -0.2) is 0 Å². The van der Waals surface area contributed by atoms with Crippen LogP contribution in [0.15, 0.2) is 22.7 Å². The topological polar surface area (TPSA) is 49.5 Å². The summed E-state index contributed by atoms with van der Waals surface area (Å²) in [4.78, 5) is 2.04. The highest BCUT2D eigenvalue weighted by Crippen LogP contribution is 2.18. The third-order valence-corrected chi connectivity index (χ3v) is 2.37. The standard InChI is InChI=1S/C10H15BrN2O/c1-13(2-3-14)7-8-4-9(11)6-10(12)5-8/h4-6,14H,2-3,7,12H2,1H3. The van der Waals surface area contributed by atoms with E-state index in [1.54, 1.807) is 0 Å². The van der Waals surface area contributed by atoms with Gasteiger partial charge in [-0.05, 0) is 30.8 Å². The van der Waals surface area contributed by atoms with E-state index in [4.69, 9.17) is 10.8 Å². The minimum absolute atomic E-state index is 0.181. The maximum Gasteiger partial charge on any atom is 0.0558 e. The van der Waals surface area contributed by atoms with E-state index in [0.29, 0.717) is 6.54 Å². The number of halogens is 1. The fourth-order valence-corrected chi connectivity index (χ4v) is 1.89. The van der Waals surface area contributed by atoms with E-state index < -0.39 is 0 Å². The van der Waals surface area contributed by atoms with Crippen LogP contribution in [0.4, 0.5) is 5.69 Å². The van der Waals surface area contributed by atoms with Gasteiger partial charge in [0.15, 0.2) is 0 Å². The van der Waals surface area contributed by atoms with Crippen molar-refractivity contribution in [1.29, 1.82) is 0 Å². The molecule has 0 aliphatic rings. The Morgan fingerprint density at radius 3 is 2.71 bits per heavy atom. The molecule has 1 rings (SSSR count). The van der Waals surface area contributed by atoms with Crippen LogP contribution in [0.1, 0.15) is 5.56 Å². The van der Waals surface area contributed by atoms with E-state index in [1.165, 1.54) is 0 Å². The molecule has 0 fully saturated rings. The van der Waals surface area contributed by atoms with Crippen LogP contribution in [-0.2, 0) is 6.54 Å². The lowest BCUT2D eigenvalue weighted by Gasteiger charge is -2.15. The Labute approximate surface area is 92.7 Å². The van der Waals surface area contributed by atoms with Crippen LogP contribution in [-0.4, -0.2) is 30.2 Å². The minimum Gasteiger partial charge on any atom is -0.399 e. The van der Waals surface area contributed by atoms with Crippen molar-refractivity contribution in [3.63, 3.8) is 0 Å². The van der Waals surface area contributed by atoms with Crippen LogP contribution in [0.2, 0.25) is 0 Å². The monoisotopic (exact) mass is 258 g/mol. The number of hydrogen-bond acceptors (Lipinski definition) is 3. The van der Waals surface area contributed by atoms with Gasteiger partial charge < -0.3 is 10.8 Å². The average Bonchev–Trinajstić information content (AvgIpc) is 2.01. The summed E-state index contributed by atoms with van der Waals surface area (Å²) in [7, 11) is 1.97. The summed E-state index contributed by atoms with van der Waals surface area (Å²) in [5.41, 5.74) is 7.61. The smallest absolute Gasteiger partial charge is 0.0558 e. The first-order valence-corrected chi connectivity index (χ1v) is 5.25. The number of nitrogens with two attached hydrogens (primary N) is 1. The molecule has 0 unspecified atom stereocenters. The Kier molecular flexibility index (Phi) is 4.38. The molecule has 0 aliphatic heterocycles. The normalized spacial score (nSPS) is 10.9. The third-order valence-electron chi connectivity index (χ3n) is 1.91. The quantitative estimate of drug-likeness (QED) is 0.805. The number of nitrogens with zero attached hydrogens (tertiary/aromatic N) is 1. The van der Waals surface area contributed by atoms with Crippen molar-refractivity contribution in [3.05, 3.63) is 28.2 Å². The number of rotatable bonds is 4. The molecule has 1 aromatic carbocycles. The summed E-state index contributed by atoms with van der Waals surface area (Å²) >= 11 is 3.39. The van der Waals surface area contributed by atoms with Crippen molar-refractivity contribution < 1.29 is 5.11 Å². The second-order valence-electron chi connectivity index (χ2n) is 3.35. The number of nitrogen functional groups attached to an aromatic ring is 1. The van der Waals surface area contributed by atoms with Gasteiger partial charge in [0.25, 0.3) is 0 Å². The van der Waals surface area contributed by atoms with E-state index in [1.807, 2.05) is 30.1 Å². The minimum atomic E-state index is 0.181. The molecule has 78 valence electrons. The van der Waals surface area contributed by atoms with Gasteiger partial charge >= 0.3 is 0 Å². The summed E-state index contributed by atoms with van der Waals surface area (Å²) in [6.07, 6.45) is 0. The van der Waals surface area contributed by atoms with E-state index >= 15 is 0 Å². The lowest BCUT2D eigenvalue weighted by molar-refractivity contribution is 0.217. The predicted molar refractivity (Wildman–Crippen MR) is 62.0 cm³/mol. The molecule has 0 aromatic heterocycles. The molecule has 3 nitrogen and oxygen atoms in total. The lowest BCUT2D eigenvalue weighted by Crippen LogP contribution is -2.21. The second-order valence-corrected chi connectivity index (χ2v) is 4.27. The van der Waals surface area contributed by atoms with Crippen LogP contribution in [0, 0.1) is 0 Å². The highest BCUT2D eigenvalue weighted by Gasteiger charge is 2.01. The molecule has 0 saturated heterocycles. The Balaban J connectivity index is 2.66. The lowest BCUT2D eigenvalue weighted by atomic mass is 10.2. The maximum absolute atomic E-state index is 8.75. The van der Waals surface area contributed by atoms with Crippen LogP contribution in [0.3, 0.4) is 0 Å². The van der Waals surface area contributed by atoms with Crippen molar-refractivity contribution in [2.75, 3.05) is 25.9 Å². The summed E-state index contributed by atoms with van der Waals surface area (Å²) in [5, 5.41) is 8.75. The second kappa shape index (κ2) is 5.34. The van der Waals surface area contributed by atoms with E-state index in [0.717, 1.165) is 22.3 Å². The summed E-state index contributed by atoms with van der Waals surface area (Å²) in [5.74, 6) is 0. The summed E-state index contributed by atoms with van der Waals surface area (Å²) in [6, 6.07) is 5.85. The first-order valence-electron chi connectivity index (χ1n) is 4.46. The molecule has 3 N–H and O–H groups in total. The van der Waals surface area contributed by atoms with Gasteiger partial charge in [0.2, 0.25) is 0 Å². The molecule has 14 heavy (non-hydrogen) atoms. The van der Waals surface area contributed by atoms with Crippen LogP contribution in [0.25, 0.3) is 0 Å². The Morgan fingerprint density at radius 2 is 2.14 bits per heavy atom. The summed E-state index contributed by atoms with van der Waals surface area (Å²) < 4.78 is 0.991. The number of likely N-dealkylation sites (N-methyl/N-ethyl adjacent to an activating group) is 1. The molecule has 0 amide bonds. The van der Waals surface area contributed by atoms with Crippen molar-refractivity contribution in [3.8, 4) is 0 Å². The third kappa shape index (κ3) is 3.65. The molecule has 0 heterocycles. The van der Waals surface area contributed by atoms with Crippen LogP contribution >= 0.6 is 15.9 Å². The molecular formula is C10H15BrN2O. The van der Waals surface area contributed by atoms with Gasteiger partial charge in [-0.1, -0.05) is 15.9 Å². The van der Waals surface area contributed by atoms with E-state index in [2.05, 4.69) is 15.9 Å². The van der Waals surface area contributed by atoms with Gasteiger partial charge in [0, 0.05) is 23.2 Å². The molecule has 0 spiro atoms. The number of hydrogen-bond donors (Lipinski definition) is 2. The van der Waals surface area contributed by atoms with Gasteiger partial charge in [-0.2, -0.15) is 0 Å². The maximum atomic E-state index is 8.75. The SMILES string of the molecule is CN(CCO)Cc1cc(N)cc(Br)c1. The van der Waals surface area contributed by atoms with Gasteiger partial charge in [0.1, 0.15) is 0 Å². The van der Waals surface area contributed by atoms with Crippen molar-refractivity contribution >= 4 is 21.6 Å². The fraction of sp³-hybridized carbons (Fsp3) is 0.400. The van der Waals surface area contributed by atoms with E-state index in [-0.39, 0.29) is 6.61 Å². The Hall–Kier alpha value is -0.580. The van der Waals surface area contributed by atoms with Crippen molar-refractivity contribution in [2.45, 2.75) is 6.54 Å². The average molecular weight is 259 g/mol. The number of aliphatic hydroxyl groups excluding tert-OH is 1. The molecule has 0 radical (unpaired) electrons. The Morgan fingerprint density at radius 1 is 1.43 bits per heavy atom. The number of anilines is 1. The molecule has 0 atom stereocenters. The zero-order valence-electron chi connectivity index (χ0n) is 8.20. The van der Waals surface area contributed by atoms with Gasteiger partial charge in [-0.3, -0.25) is 4.90 Å². The van der Waals surface area contributed by atoms with Crippen LogP contribution < -0.4 is 5.73 Å². The molecule has 1 aromatic rings. The molecule has 4 heteroatoms. The first-order chi connectivity index (χ1) is 6.61. The number of aliphatic hydroxyl groups is 1. The molecule has 0 bridgehead atoms. The van der Waals surface area contributed by atoms with Gasteiger partial charge in [0.05, 0.1) is 6.61 Å². The van der Waals surface area contributed by atoms with Crippen molar-refractivity contribution in [1.82, 2.24) is 4.90 Å². The molecule has 0 aliphatic carbocycles. The van der Waals surface area contributed by atoms with Gasteiger partial charge in [-0.15, -0.1) is 0 Å². The molecular weight excluding hydrogens is 244 g/mol. The van der Waals surface area contributed by atoms with E-state index in [9.17, 15) is 0 Å². The zero-order chi connectivity index (χ0) is 10.6. The van der Waals surface area contributed by atoms with Crippen LogP contribution in [0.5, 0.6) is 0 Å². The Bertz CT molecular complexity index is 284. The largest absolute Gasteiger partial charge is 0.399 e. The fourth-order valence-electron chi connectivity index (χ4n) is 1.33. The highest BCUT2D eigenvalue weighted by molar-refractivity contribution is 9.10. The highest BCUT2D eigenvalue weighted by atomic mass is 79.9.